The molecule has 0 spiro atoms. The number of rotatable bonds is 7. The van der Waals surface area contributed by atoms with Gasteiger partial charge in [-0.15, -0.1) is 0 Å². The normalized spacial score (nSPS) is 10.1. The van der Waals surface area contributed by atoms with Gasteiger partial charge in [-0.05, 0) is 18.6 Å². The van der Waals surface area contributed by atoms with Crippen LogP contribution in [-0.2, 0) is 9.47 Å². The Morgan fingerprint density at radius 2 is 2.06 bits per heavy atom. The van der Waals surface area contributed by atoms with E-state index in [4.69, 9.17) is 19.9 Å². The molecule has 0 aliphatic rings. The number of carbonyl (C=O) groups is 1. The SMILES string of the molecule is CCCOCCOC(=O)c1c(N)cccc1OC. The van der Waals surface area contributed by atoms with Crippen molar-refractivity contribution in [3.05, 3.63) is 23.8 Å². The van der Waals surface area contributed by atoms with Crippen LogP contribution in [-0.4, -0.2) is 32.9 Å². The zero-order chi connectivity index (χ0) is 13.4. The molecule has 0 aliphatic heterocycles. The monoisotopic (exact) mass is 253 g/mol. The van der Waals surface area contributed by atoms with Gasteiger partial charge in [0.05, 0.1) is 13.7 Å². The third-order valence-electron chi connectivity index (χ3n) is 2.29. The molecule has 0 atom stereocenters. The largest absolute Gasteiger partial charge is 0.496 e. The fourth-order valence-electron chi connectivity index (χ4n) is 1.45. The maximum Gasteiger partial charge on any atom is 0.344 e. The molecule has 100 valence electrons. The molecule has 5 heteroatoms. The lowest BCUT2D eigenvalue weighted by Crippen LogP contribution is -2.13. The van der Waals surface area contributed by atoms with Crippen LogP contribution in [0.3, 0.4) is 0 Å². The minimum absolute atomic E-state index is 0.205. The number of anilines is 1. The summed E-state index contributed by atoms with van der Waals surface area (Å²) in [5, 5.41) is 0. The zero-order valence-corrected chi connectivity index (χ0v) is 10.8. The maximum atomic E-state index is 11.8. The van der Waals surface area contributed by atoms with Crippen LogP contribution in [0.2, 0.25) is 0 Å². The van der Waals surface area contributed by atoms with Gasteiger partial charge in [0.2, 0.25) is 0 Å². The summed E-state index contributed by atoms with van der Waals surface area (Å²) in [6, 6.07) is 5.02. The van der Waals surface area contributed by atoms with Crippen molar-refractivity contribution in [2.45, 2.75) is 13.3 Å². The summed E-state index contributed by atoms with van der Waals surface area (Å²) in [4.78, 5) is 11.8. The summed E-state index contributed by atoms with van der Waals surface area (Å²) in [7, 11) is 1.48. The first-order valence-electron chi connectivity index (χ1n) is 5.88. The van der Waals surface area contributed by atoms with E-state index in [0.29, 0.717) is 24.7 Å². The number of esters is 1. The molecule has 1 aromatic rings. The molecular formula is C13H19NO4. The zero-order valence-electron chi connectivity index (χ0n) is 10.8. The number of benzene rings is 1. The van der Waals surface area contributed by atoms with Crippen LogP contribution in [0.25, 0.3) is 0 Å². The molecular weight excluding hydrogens is 234 g/mol. The highest BCUT2D eigenvalue weighted by molar-refractivity contribution is 5.98. The number of nitrogen functional groups attached to an aromatic ring is 1. The first-order valence-corrected chi connectivity index (χ1v) is 5.88. The van der Waals surface area contributed by atoms with E-state index < -0.39 is 5.97 Å². The molecule has 0 heterocycles. The lowest BCUT2D eigenvalue weighted by atomic mass is 10.1. The van der Waals surface area contributed by atoms with E-state index >= 15 is 0 Å². The Morgan fingerprint density at radius 1 is 1.28 bits per heavy atom. The fraction of sp³-hybridized carbons (Fsp3) is 0.462. The van der Waals surface area contributed by atoms with Gasteiger partial charge in [-0.2, -0.15) is 0 Å². The fourth-order valence-corrected chi connectivity index (χ4v) is 1.45. The molecule has 0 aliphatic carbocycles. The van der Waals surface area contributed by atoms with Gasteiger partial charge in [0.25, 0.3) is 0 Å². The Morgan fingerprint density at radius 3 is 2.72 bits per heavy atom. The number of carbonyl (C=O) groups excluding carboxylic acids is 1. The summed E-state index contributed by atoms with van der Waals surface area (Å²) in [6.07, 6.45) is 0.938. The van der Waals surface area contributed by atoms with Crippen molar-refractivity contribution in [2.75, 3.05) is 32.7 Å². The van der Waals surface area contributed by atoms with Crippen molar-refractivity contribution in [3.8, 4) is 5.75 Å². The van der Waals surface area contributed by atoms with Crippen LogP contribution in [0.4, 0.5) is 5.69 Å². The maximum absolute atomic E-state index is 11.8. The van der Waals surface area contributed by atoms with Crippen LogP contribution in [0.5, 0.6) is 5.75 Å². The molecule has 1 aromatic carbocycles. The topological polar surface area (TPSA) is 70.8 Å². The van der Waals surface area contributed by atoms with Crippen molar-refractivity contribution in [1.82, 2.24) is 0 Å². The van der Waals surface area contributed by atoms with E-state index in [9.17, 15) is 4.79 Å². The van der Waals surface area contributed by atoms with E-state index in [1.807, 2.05) is 6.92 Å². The molecule has 0 fully saturated rings. The first-order chi connectivity index (χ1) is 8.70. The molecule has 0 saturated heterocycles. The third-order valence-corrected chi connectivity index (χ3v) is 2.29. The van der Waals surface area contributed by atoms with Crippen molar-refractivity contribution in [3.63, 3.8) is 0 Å². The van der Waals surface area contributed by atoms with Gasteiger partial charge in [0, 0.05) is 12.3 Å². The molecule has 0 radical (unpaired) electrons. The highest BCUT2D eigenvalue weighted by atomic mass is 16.6. The second-order valence-corrected chi connectivity index (χ2v) is 3.67. The van der Waals surface area contributed by atoms with E-state index in [2.05, 4.69) is 0 Å². The van der Waals surface area contributed by atoms with Gasteiger partial charge in [0.15, 0.2) is 0 Å². The molecule has 0 amide bonds. The molecule has 0 saturated carbocycles. The Bertz CT molecular complexity index is 393. The first kappa shape index (κ1) is 14.3. The predicted molar refractivity (Wildman–Crippen MR) is 68.8 cm³/mol. The minimum atomic E-state index is -0.495. The summed E-state index contributed by atoms with van der Waals surface area (Å²) < 4.78 is 15.4. The number of methoxy groups -OCH3 is 1. The molecule has 5 nitrogen and oxygen atoms in total. The molecule has 2 N–H and O–H groups in total. The number of hydrogen-bond acceptors (Lipinski definition) is 5. The van der Waals surface area contributed by atoms with Crippen LogP contribution in [0.15, 0.2) is 18.2 Å². The van der Waals surface area contributed by atoms with Crippen molar-refractivity contribution < 1.29 is 19.0 Å². The highest BCUT2D eigenvalue weighted by Gasteiger charge is 2.16. The Hall–Kier alpha value is -1.75. The van der Waals surface area contributed by atoms with Gasteiger partial charge < -0.3 is 19.9 Å². The number of hydrogen-bond donors (Lipinski definition) is 1. The van der Waals surface area contributed by atoms with Crippen LogP contribution < -0.4 is 10.5 Å². The van der Waals surface area contributed by atoms with Crippen molar-refractivity contribution in [1.29, 1.82) is 0 Å². The lowest BCUT2D eigenvalue weighted by Gasteiger charge is -2.10. The van der Waals surface area contributed by atoms with Crippen molar-refractivity contribution >= 4 is 11.7 Å². The predicted octanol–water partition coefficient (Wildman–Crippen LogP) is 1.86. The van der Waals surface area contributed by atoms with E-state index in [1.165, 1.54) is 7.11 Å². The summed E-state index contributed by atoms with van der Waals surface area (Å²) >= 11 is 0. The Labute approximate surface area is 107 Å². The van der Waals surface area contributed by atoms with E-state index in [0.717, 1.165) is 6.42 Å². The van der Waals surface area contributed by atoms with Gasteiger partial charge in [-0.1, -0.05) is 13.0 Å². The Kier molecular flexibility index (Phi) is 6.00. The van der Waals surface area contributed by atoms with Crippen LogP contribution in [0.1, 0.15) is 23.7 Å². The summed E-state index contributed by atoms with van der Waals surface area (Å²) in [5.74, 6) is -0.0838. The number of nitrogens with two attached hydrogens (primary N) is 1. The minimum Gasteiger partial charge on any atom is -0.496 e. The quantitative estimate of drug-likeness (QED) is 0.456. The average Bonchev–Trinajstić information content (AvgIpc) is 2.37. The molecule has 1 rings (SSSR count). The van der Waals surface area contributed by atoms with E-state index in [1.54, 1.807) is 18.2 Å². The van der Waals surface area contributed by atoms with Crippen molar-refractivity contribution in [2.24, 2.45) is 0 Å². The summed E-state index contributed by atoms with van der Waals surface area (Å²) in [5.41, 5.74) is 6.34. The van der Waals surface area contributed by atoms with E-state index in [-0.39, 0.29) is 12.2 Å². The van der Waals surface area contributed by atoms with Gasteiger partial charge in [0.1, 0.15) is 17.9 Å². The number of ether oxygens (including phenoxy) is 3. The van der Waals surface area contributed by atoms with Crippen LogP contribution >= 0.6 is 0 Å². The molecule has 18 heavy (non-hydrogen) atoms. The second kappa shape index (κ2) is 7.55. The summed E-state index contributed by atoms with van der Waals surface area (Å²) in [6.45, 7) is 3.26. The third kappa shape index (κ3) is 3.92. The van der Waals surface area contributed by atoms with Gasteiger partial charge in [-0.3, -0.25) is 0 Å². The molecule has 0 unspecified atom stereocenters. The smallest absolute Gasteiger partial charge is 0.344 e. The second-order valence-electron chi connectivity index (χ2n) is 3.67. The Balaban J connectivity index is 2.56. The molecule has 0 aromatic heterocycles. The molecule has 0 bridgehead atoms. The van der Waals surface area contributed by atoms with Gasteiger partial charge in [-0.25, -0.2) is 4.79 Å². The van der Waals surface area contributed by atoms with Crippen LogP contribution in [0, 0.1) is 0 Å². The van der Waals surface area contributed by atoms with Gasteiger partial charge >= 0.3 is 5.97 Å². The standard InChI is InChI=1S/C13H19NO4/c1-3-7-17-8-9-18-13(15)12-10(14)5-4-6-11(12)16-2/h4-6H,3,7-9,14H2,1-2H3. The lowest BCUT2D eigenvalue weighted by molar-refractivity contribution is 0.0317. The highest BCUT2D eigenvalue weighted by Crippen LogP contribution is 2.24. The average molecular weight is 253 g/mol.